The first-order valence-electron chi connectivity index (χ1n) is 6.49. The molecule has 2 aromatic rings. The number of ether oxygens (including phenoxy) is 1. The lowest BCUT2D eigenvalue weighted by Crippen LogP contribution is -2.28. The summed E-state index contributed by atoms with van der Waals surface area (Å²) in [5.74, 6) is -1.77. The molecule has 114 valence electrons. The standard InChI is InChI=1S/C16H13ClFNO3/c17-14-7-2-1-4-12(14)9-19-15(20)10-22-16(21)11-5-3-6-13(18)8-11/h1-8H,9-10H2,(H,19,20). The van der Waals surface area contributed by atoms with Crippen LogP contribution in [0.4, 0.5) is 4.39 Å². The van der Waals surface area contributed by atoms with Gasteiger partial charge < -0.3 is 10.1 Å². The van der Waals surface area contributed by atoms with E-state index < -0.39 is 24.3 Å². The van der Waals surface area contributed by atoms with E-state index in [-0.39, 0.29) is 12.1 Å². The third-order valence-corrected chi connectivity index (χ3v) is 3.20. The summed E-state index contributed by atoms with van der Waals surface area (Å²) in [5, 5.41) is 3.12. The van der Waals surface area contributed by atoms with E-state index in [9.17, 15) is 14.0 Å². The number of carbonyl (C=O) groups is 2. The zero-order chi connectivity index (χ0) is 15.9. The van der Waals surface area contributed by atoms with Crippen LogP contribution < -0.4 is 5.32 Å². The van der Waals surface area contributed by atoms with Gasteiger partial charge in [0.25, 0.3) is 5.91 Å². The number of hydrogen-bond donors (Lipinski definition) is 1. The number of rotatable bonds is 5. The molecule has 0 fully saturated rings. The SMILES string of the molecule is O=C(COC(=O)c1cccc(F)c1)NCc1ccccc1Cl. The molecule has 2 rings (SSSR count). The molecule has 0 heterocycles. The molecule has 0 aliphatic carbocycles. The smallest absolute Gasteiger partial charge is 0.338 e. The number of esters is 1. The van der Waals surface area contributed by atoms with Crippen LogP contribution in [0.1, 0.15) is 15.9 Å². The Bertz CT molecular complexity index is 691. The van der Waals surface area contributed by atoms with Crippen LogP contribution in [-0.2, 0) is 16.1 Å². The Kier molecular flexibility index (Phi) is 5.49. The van der Waals surface area contributed by atoms with E-state index >= 15 is 0 Å². The number of amides is 1. The topological polar surface area (TPSA) is 55.4 Å². The number of halogens is 2. The molecule has 1 N–H and O–H groups in total. The van der Waals surface area contributed by atoms with Gasteiger partial charge in [0.05, 0.1) is 5.56 Å². The summed E-state index contributed by atoms with van der Waals surface area (Å²) in [6.45, 7) is -0.212. The second-order valence-electron chi connectivity index (χ2n) is 4.45. The highest BCUT2D eigenvalue weighted by molar-refractivity contribution is 6.31. The van der Waals surface area contributed by atoms with Crippen molar-refractivity contribution < 1.29 is 18.7 Å². The molecule has 0 bridgehead atoms. The first-order chi connectivity index (χ1) is 10.6. The van der Waals surface area contributed by atoms with Crippen molar-refractivity contribution in [2.75, 3.05) is 6.61 Å². The van der Waals surface area contributed by atoms with Gasteiger partial charge in [0.2, 0.25) is 0 Å². The van der Waals surface area contributed by atoms with Gasteiger partial charge in [-0.15, -0.1) is 0 Å². The van der Waals surface area contributed by atoms with Crippen LogP contribution in [0.2, 0.25) is 5.02 Å². The largest absolute Gasteiger partial charge is 0.452 e. The molecule has 0 aromatic heterocycles. The molecule has 6 heteroatoms. The van der Waals surface area contributed by atoms with Crippen molar-refractivity contribution in [3.63, 3.8) is 0 Å². The molecule has 0 aliphatic heterocycles. The highest BCUT2D eigenvalue weighted by Crippen LogP contribution is 2.14. The highest BCUT2D eigenvalue weighted by atomic mass is 35.5. The quantitative estimate of drug-likeness (QED) is 0.861. The predicted octanol–water partition coefficient (Wildman–Crippen LogP) is 2.95. The molecule has 0 saturated heterocycles. The molecule has 1 amide bonds. The third-order valence-electron chi connectivity index (χ3n) is 2.83. The first-order valence-corrected chi connectivity index (χ1v) is 6.87. The van der Waals surface area contributed by atoms with E-state index in [0.717, 1.165) is 11.6 Å². The fourth-order valence-corrected chi connectivity index (χ4v) is 1.92. The Morgan fingerprint density at radius 2 is 1.91 bits per heavy atom. The van der Waals surface area contributed by atoms with Gasteiger partial charge >= 0.3 is 5.97 Å². The summed E-state index contributed by atoms with van der Waals surface area (Å²) in [6, 6.07) is 12.1. The monoisotopic (exact) mass is 321 g/mol. The van der Waals surface area contributed by atoms with Crippen LogP contribution in [0, 0.1) is 5.82 Å². The lowest BCUT2D eigenvalue weighted by molar-refractivity contribution is -0.124. The summed E-state index contributed by atoms with van der Waals surface area (Å²) in [6.07, 6.45) is 0. The number of hydrogen-bond acceptors (Lipinski definition) is 3. The van der Waals surface area contributed by atoms with E-state index in [1.165, 1.54) is 18.2 Å². The van der Waals surface area contributed by atoms with Crippen molar-refractivity contribution in [2.24, 2.45) is 0 Å². The van der Waals surface area contributed by atoms with Crippen molar-refractivity contribution >= 4 is 23.5 Å². The van der Waals surface area contributed by atoms with E-state index in [2.05, 4.69) is 5.32 Å². The average molecular weight is 322 g/mol. The molecule has 0 aliphatic rings. The van der Waals surface area contributed by atoms with Crippen molar-refractivity contribution in [3.05, 3.63) is 70.5 Å². The molecule has 0 radical (unpaired) electrons. The van der Waals surface area contributed by atoms with Gasteiger partial charge in [0.15, 0.2) is 6.61 Å². The summed E-state index contributed by atoms with van der Waals surface area (Å²) in [5.41, 5.74) is 0.813. The highest BCUT2D eigenvalue weighted by Gasteiger charge is 2.11. The molecule has 0 unspecified atom stereocenters. The van der Waals surface area contributed by atoms with Gasteiger partial charge in [-0.25, -0.2) is 9.18 Å². The Morgan fingerprint density at radius 1 is 1.14 bits per heavy atom. The van der Waals surface area contributed by atoms with Crippen molar-refractivity contribution in [1.82, 2.24) is 5.32 Å². The van der Waals surface area contributed by atoms with Crippen molar-refractivity contribution in [1.29, 1.82) is 0 Å². The molecule has 4 nitrogen and oxygen atoms in total. The van der Waals surface area contributed by atoms with Gasteiger partial charge in [0, 0.05) is 11.6 Å². The molecule has 2 aromatic carbocycles. The summed E-state index contributed by atoms with van der Waals surface area (Å²) < 4.78 is 17.8. The number of nitrogens with one attached hydrogen (secondary N) is 1. The summed E-state index contributed by atoms with van der Waals surface area (Å²) in [4.78, 5) is 23.3. The number of benzene rings is 2. The summed E-state index contributed by atoms with van der Waals surface area (Å²) >= 11 is 5.96. The van der Waals surface area contributed by atoms with Crippen LogP contribution in [-0.4, -0.2) is 18.5 Å². The fraction of sp³-hybridized carbons (Fsp3) is 0.125. The van der Waals surface area contributed by atoms with Crippen LogP contribution in [0.25, 0.3) is 0 Å². The van der Waals surface area contributed by atoms with E-state index in [4.69, 9.17) is 16.3 Å². The molecular formula is C16H13ClFNO3. The Labute approximate surface area is 131 Å². The van der Waals surface area contributed by atoms with E-state index in [1.807, 2.05) is 0 Å². The van der Waals surface area contributed by atoms with Gasteiger partial charge in [-0.05, 0) is 29.8 Å². The minimum absolute atomic E-state index is 0.0545. The van der Waals surface area contributed by atoms with Gasteiger partial charge in [0.1, 0.15) is 5.82 Å². The zero-order valence-corrected chi connectivity index (χ0v) is 12.3. The molecular weight excluding hydrogens is 309 g/mol. The maximum absolute atomic E-state index is 13.0. The second-order valence-corrected chi connectivity index (χ2v) is 4.86. The molecule has 0 atom stereocenters. The van der Waals surface area contributed by atoms with Crippen LogP contribution >= 0.6 is 11.6 Å². The van der Waals surface area contributed by atoms with Crippen LogP contribution in [0.5, 0.6) is 0 Å². The summed E-state index contributed by atoms with van der Waals surface area (Å²) in [7, 11) is 0. The Hall–Kier alpha value is -2.40. The molecule has 0 saturated carbocycles. The van der Waals surface area contributed by atoms with Crippen LogP contribution in [0.15, 0.2) is 48.5 Å². The Balaban J connectivity index is 1.81. The maximum atomic E-state index is 13.0. The van der Waals surface area contributed by atoms with Crippen molar-refractivity contribution in [2.45, 2.75) is 6.54 Å². The minimum atomic E-state index is -0.757. The zero-order valence-electron chi connectivity index (χ0n) is 11.5. The van der Waals surface area contributed by atoms with E-state index in [0.29, 0.717) is 5.02 Å². The van der Waals surface area contributed by atoms with Gasteiger partial charge in [-0.1, -0.05) is 35.9 Å². The first kappa shape index (κ1) is 16.0. The molecule has 0 spiro atoms. The third kappa shape index (κ3) is 4.56. The van der Waals surface area contributed by atoms with E-state index in [1.54, 1.807) is 24.3 Å². The maximum Gasteiger partial charge on any atom is 0.338 e. The predicted molar refractivity (Wildman–Crippen MR) is 80.0 cm³/mol. The average Bonchev–Trinajstić information content (AvgIpc) is 2.52. The van der Waals surface area contributed by atoms with Crippen LogP contribution in [0.3, 0.4) is 0 Å². The Morgan fingerprint density at radius 3 is 2.64 bits per heavy atom. The normalized spacial score (nSPS) is 10.1. The number of carbonyl (C=O) groups excluding carboxylic acids is 2. The lowest BCUT2D eigenvalue weighted by atomic mass is 10.2. The minimum Gasteiger partial charge on any atom is -0.452 e. The van der Waals surface area contributed by atoms with Gasteiger partial charge in [-0.2, -0.15) is 0 Å². The fourth-order valence-electron chi connectivity index (χ4n) is 1.72. The van der Waals surface area contributed by atoms with Gasteiger partial charge in [-0.3, -0.25) is 4.79 Å². The second kappa shape index (κ2) is 7.56. The van der Waals surface area contributed by atoms with Crippen molar-refractivity contribution in [3.8, 4) is 0 Å². The molecule has 22 heavy (non-hydrogen) atoms. The lowest BCUT2D eigenvalue weighted by Gasteiger charge is -2.08.